The molecular formula is C22H24N4O3. The van der Waals surface area contributed by atoms with Gasteiger partial charge in [0.2, 0.25) is 0 Å². The van der Waals surface area contributed by atoms with Crippen LogP contribution in [0.3, 0.4) is 0 Å². The molecular weight excluding hydrogens is 368 g/mol. The number of carbonyl (C=O) groups is 2. The lowest BCUT2D eigenvalue weighted by Crippen LogP contribution is -2.39. The molecule has 0 radical (unpaired) electrons. The highest BCUT2D eigenvalue weighted by Crippen LogP contribution is 2.17. The second-order valence-corrected chi connectivity index (χ2v) is 7.01. The number of pyridine rings is 1. The Kier molecular flexibility index (Phi) is 6.07. The minimum Gasteiger partial charge on any atom is -0.452 e. The summed E-state index contributed by atoms with van der Waals surface area (Å²) < 4.78 is 6.93. The summed E-state index contributed by atoms with van der Waals surface area (Å²) in [6.45, 7) is 7.32. The van der Waals surface area contributed by atoms with Gasteiger partial charge in [-0.05, 0) is 58.0 Å². The molecule has 1 aromatic carbocycles. The Labute approximate surface area is 169 Å². The van der Waals surface area contributed by atoms with Gasteiger partial charge in [0.1, 0.15) is 0 Å². The van der Waals surface area contributed by atoms with E-state index in [0.29, 0.717) is 5.82 Å². The van der Waals surface area contributed by atoms with Crippen molar-refractivity contribution in [2.24, 2.45) is 0 Å². The topological polar surface area (TPSA) is 77.3 Å². The Bertz CT molecular complexity index is 995. The number of carbonyl (C=O) groups excluding carboxylic acids is 2. The summed E-state index contributed by atoms with van der Waals surface area (Å²) in [4.78, 5) is 30.9. The van der Waals surface area contributed by atoms with Crippen LogP contribution < -0.4 is 4.90 Å². The Morgan fingerprint density at radius 3 is 2.38 bits per heavy atom. The molecule has 0 N–H and O–H groups in total. The predicted octanol–water partition coefficient (Wildman–Crippen LogP) is 3.48. The van der Waals surface area contributed by atoms with Crippen LogP contribution in [0, 0.1) is 13.8 Å². The number of para-hydroxylation sites is 1. The molecule has 0 aliphatic rings. The van der Waals surface area contributed by atoms with Crippen LogP contribution in [0.5, 0.6) is 0 Å². The number of ether oxygens (including phenoxy) is 1. The first kappa shape index (κ1) is 20.3. The Morgan fingerprint density at radius 1 is 1.10 bits per heavy atom. The number of nitrogens with zero attached hydrogens (tertiary/aromatic N) is 4. The highest BCUT2D eigenvalue weighted by atomic mass is 16.5. The normalized spacial score (nSPS) is 10.8. The van der Waals surface area contributed by atoms with E-state index in [1.165, 1.54) is 6.20 Å². The summed E-state index contributed by atoms with van der Waals surface area (Å²) in [5.41, 5.74) is 2.88. The average molecular weight is 392 g/mol. The van der Waals surface area contributed by atoms with Gasteiger partial charge in [0.05, 0.1) is 11.3 Å². The Hall–Kier alpha value is -3.48. The monoisotopic (exact) mass is 392 g/mol. The first-order valence-electron chi connectivity index (χ1n) is 9.40. The zero-order valence-corrected chi connectivity index (χ0v) is 17.0. The molecule has 2 heterocycles. The summed E-state index contributed by atoms with van der Waals surface area (Å²) in [6.07, 6.45) is 1.43. The summed E-state index contributed by atoms with van der Waals surface area (Å²) in [5.74, 6) is -0.271. The quantitative estimate of drug-likeness (QED) is 0.600. The molecule has 150 valence electrons. The van der Waals surface area contributed by atoms with Crippen LogP contribution in [-0.4, -0.2) is 39.3 Å². The number of amides is 1. The van der Waals surface area contributed by atoms with Crippen molar-refractivity contribution >= 4 is 17.6 Å². The summed E-state index contributed by atoms with van der Waals surface area (Å²) in [5, 5.41) is 4.37. The maximum atomic E-state index is 12.6. The van der Waals surface area contributed by atoms with Gasteiger partial charge in [-0.3, -0.25) is 4.79 Å². The average Bonchev–Trinajstić information content (AvgIpc) is 3.05. The van der Waals surface area contributed by atoms with Gasteiger partial charge in [0.15, 0.2) is 12.4 Å². The van der Waals surface area contributed by atoms with Gasteiger partial charge in [-0.2, -0.15) is 5.10 Å². The van der Waals surface area contributed by atoms with E-state index >= 15 is 0 Å². The van der Waals surface area contributed by atoms with Crippen LogP contribution in [0.15, 0.2) is 54.7 Å². The third-order valence-electron chi connectivity index (χ3n) is 4.36. The van der Waals surface area contributed by atoms with Crippen molar-refractivity contribution in [1.29, 1.82) is 0 Å². The molecule has 3 rings (SSSR count). The van der Waals surface area contributed by atoms with Gasteiger partial charge in [-0.1, -0.05) is 18.2 Å². The summed E-state index contributed by atoms with van der Waals surface area (Å²) in [7, 11) is 0. The van der Waals surface area contributed by atoms with Crippen molar-refractivity contribution in [1.82, 2.24) is 14.8 Å². The number of anilines is 1. The molecule has 0 aliphatic carbocycles. The third kappa shape index (κ3) is 4.68. The molecule has 1 amide bonds. The van der Waals surface area contributed by atoms with Crippen molar-refractivity contribution in [3.8, 4) is 5.82 Å². The largest absolute Gasteiger partial charge is 0.452 e. The lowest BCUT2D eigenvalue weighted by molar-refractivity contribution is -0.122. The lowest BCUT2D eigenvalue weighted by atomic mass is 10.2. The molecule has 0 saturated carbocycles. The van der Waals surface area contributed by atoms with E-state index in [0.717, 1.165) is 17.1 Å². The molecule has 0 fully saturated rings. The molecule has 0 aliphatic heterocycles. The molecule has 3 aromatic rings. The van der Waals surface area contributed by atoms with E-state index in [2.05, 4.69) is 10.1 Å². The summed E-state index contributed by atoms with van der Waals surface area (Å²) >= 11 is 0. The number of rotatable bonds is 6. The molecule has 2 aromatic heterocycles. The fraction of sp³-hybridized carbons (Fsp3) is 0.273. The predicted molar refractivity (Wildman–Crippen MR) is 110 cm³/mol. The van der Waals surface area contributed by atoms with Crippen molar-refractivity contribution < 1.29 is 14.3 Å². The van der Waals surface area contributed by atoms with Gasteiger partial charge >= 0.3 is 5.97 Å². The van der Waals surface area contributed by atoms with Crippen molar-refractivity contribution in [2.75, 3.05) is 11.5 Å². The number of hydrogen-bond acceptors (Lipinski definition) is 5. The van der Waals surface area contributed by atoms with E-state index in [1.807, 2.05) is 64.1 Å². The minimum atomic E-state index is -0.595. The minimum absolute atomic E-state index is 0.0645. The number of benzene rings is 1. The molecule has 0 spiro atoms. The zero-order valence-electron chi connectivity index (χ0n) is 17.0. The smallest absolute Gasteiger partial charge is 0.340 e. The number of esters is 1. The molecule has 0 bridgehead atoms. The van der Waals surface area contributed by atoms with E-state index in [4.69, 9.17) is 4.74 Å². The molecule has 0 unspecified atom stereocenters. The van der Waals surface area contributed by atoms with Crippen LogP contribution >= 0.6 is 0 Å². The SMILES string of the molecule is Cc1cc(C)n(-c2ccc(C(=O)OCC(=O)N(c3ccccc3)C(C)C)cn2)n1. The molecule has 0 atom stereocenters. The lowest BCUT2D eigenvalue weighted by Gasteiger charge is -2.26. The van der Waals surface area contributed by atoms with E-state index < -0.39 is 5.97 Å². The van der Waals surface area contributed by atoms with Crippen molar-refractivity contribution in [2.45, 2.75) is 33.7 Å². The summed E-state index contributed by atoms with van der Waals surface area (Å²) in [6, 6.07) is 14.5. The Balaban J connectivity index is 1.65. The number of aromatic nitrogens is 3. The van der Waals surface area contributed by atoms with E-state index in [9.17, 15) is 9.59 Å². The van der Waals surface area contributed by atoms with Gasteiger partial charge in [0, 0.05) is 23.6 Å². The maximum Gasteiger partial charge on any atom is 0.340 e. The van der Waals surface area contributed by atoms with E-state index in [1.54, 1.807) is 21.7 Å². The van der Waals surface area contributed by atoms with Crippen LogP contribution in [0.4, 0.5) is 5.69 Å². The van der Waals surface area contributed by atoms with Crippen molar-refractivity contribution in [3.63, 3.8) is 0 Å². The second-order valence-electron chi connectivity index (χ2n) is 7.01. The van der Waals surface area contributed by atoms with Crippen LogP contribution in [-0.2, 0) is 9.53 Å². The fourth-order valence-corrected chi connectivity index (χ4v) is 3.09. The number of hydrogen-bond donors (Lipinski definition) is 0. The van der Waals surface area contributed by atoms with Gasteiger partial charge in [-0.15, -0.1) is 0 Å². The second kappa shape index (κ2) is 8.68. The van der Waals surface area contributed by atoms with Gasteiger partial charge in [0.25, 0.3) is 5.91 Å². The van der Waals surface area contributed by atoms with E-state index in [-0.39, 0.29) is 24.1 Å². The molecule has 7 heteroatoms. The molecule has 7 nitrogen and oxygen atoms in total. The van der Waals surface area contributed by atoms with Crippen LogP contribution in [0.25, 0.3) is 5.82 Å². The zero-order chi connectivity index (χ0) is 21.0. The Morgan fingerprint density at radius 2 is 1.83 bits per heavy atom. The first-order valence-corrected chi connectivity index (χ1v) is 9.40. The highest BCUT2D eigenvalue weighted by molar-refractivity contribution is 5.97. The molecule has 29 heavy (non-hydrogen) atoms. The fourth-order valence-electron chi connectivity index (χ4n) is 3.09. The maximum absolute atomic E-state index is 12.6. The molecule has 0 saturated heterocycles. The van der Waals surface area contributed by atoms with Gasteiger partial charge < -0.3 is 9.64 Å². The van der Waals surface area contributed by atoms with Crippen LogP contribution in [0.1, 0.15) is 35.6 Å². The highest BCUT2D eigenvalue weighted by Gasteiger charge is 2.21. The third-order valence-corrected chi connectivity index (χ3v) is 4.36. The van der Waals surface area contributed by atoms with Crippen LogP contribution in [0.2, 0.25) is 0 Å². The van der Waals surface area contributed by atoms with Gasteiger partial charge in [-0.25, -0.2) is 14.5 Å². The number of aryl methyl sites for hydroxylation is 2. The first-order chi connectivity index (χ1) is 13.9. The van der Waals surface area contributed by atoms with Crippen molar-refractivity contribution in [3.05, 3.63) is 71.7 Å². The standard InChI is InChI=1S/C22H24N4O3/c1-15(2)25(19-8-6-5-7-9-19)21(27)14-29-22(28)18-10-11-20(23-13-18)26-17(4)12-16(3)24-26/h5-13,15H,14H2,1-4H3.